The summed E-state index contributed by atoms with van der Waals surface area (Å²) in [7, 11) is 0. The first-order chi connectivity index (χ1) is 11.3. The van der Waals surface area contributed by atoms with Crippen molar-refractivity contribution in [3.05, 3.63) is 28.1 Å². The van der Waals surface area contributed by atoms with E-state index in [9.17, 15) is 22.4 Å². The highest BCUT2D eigenvalue weighted by atomic mass is 79.9. The minimum absolute atomic E-state index is 0.0742. The van der Waals surface area contributed by atoms with Crippen LogP contribution >= 0.6 is 15.9 Å². The second-order valence-electron chi connectivity index (χ2n) is 5.55. The third-order valence-corrected chi connectivity index (χ3v) is 4.56. The number of rotatable bonds is 4. The van der Waals surface area contributed by atoms with E-state index in [1.165, 1.54) is 16.8 Å². The van der Waals surface area contributed by atoms with Crippen LogP contribution in [-0.2, 0) is 11.3 Å². The van der Waals surface area contributed by atoms with Crippen molar-refractivity contribution in [1.82, 2.24) is 20.4 Å². The Hall–Kier alpha value is -1.68. The van der Waals surface area contributed by atoms with Gasteiger partial charge in [-0.1, -0.05) is 0 Å². The number of carbonyl (C=O) groups is 1. The average molecular weight is 409 g/mol. The highest BCUT2D eigenvalue weighted by Crippen LogP contribution is 2.34. The van der Waals surface area contributed by atoms with Gasteiger partial charge in [-0.2, -0.15) is 18.3 Å². The van der Waals surface area contributed by atoms with Crippen molar-refractivity contribution in [3.63, 3.8) is 0 Å². The predicted molar refractivity (Wildman–Crippen MR) is 82.1 cm³/mol. The zero-order valence-electron chi connectivity index (χ0n) is 12.3. The molecule has 1 aliphatic rings. The molecule has 1 aromatic heterocycles. The van der Waals surface area contributed by atoms with Gasteiger partial charge in [-0.05, 0) is 28.1 Å². The van der Waals surface area contributed by atoms with Crippen LogP contribution in [0.25, 0.3) is 10.9 Å². The van der Waals surface area contributed by atoms with Gasteiger partial charge in [0.1, 0.15) is 18.9 Å². The number of halogens is 5. The lowest BCUT2D eigenvalue weighted by Crippen LogP contribution is -2.40. The Balaban J connectivity index is 1.91. The summed E-state index contributed by atoms with van der Waals surface area (Å²) in [6.45, 7) is -0.418. The van der Waals surface area contributed by atoms with Crippen molar-refractivity contribution in [2.75, 3.05) is 19.6 Å². The van der Waals surface area contributed by atoms with Crippen LogP contribution in [0.1, 0.15) is 11.6 Å². The molecule has 0 bridgehead atoms. The van der Waals surface area contributed by atoms with E-state index in [0.29, 0.717) is 29.7 Å². The molecular weight excluding hydrogens is 396 g/mol. The maximum absolute atomic E-state index is 13.8. The number of alkyl halides is 3. The normalized spacial score (nSPS) is 15.5. The molecule has 1 saturated heterocycles. The third-order valence-electron chi connectivity index (χ3n) is 3.78. The molecule has 2 heterocycles. The van der Waals surface area contributed by atoms with Crippen LogP contribution in [-0.4, -0.2) is 41.5 Å². The molecule has 1 fully saturated rings. The van der Waals surface area contributed by atoms with E-state index in [1.807, 2.05) is 0 Å². The van der Waals surface area contributed by atoms with Gasteiger partial charge in [0.2, 0.25) is 5.91 Å². The van der Waals surface area contributed by atoms with Crippen LogP contribution < -0.4 is 10.6 Å². The number of benzene rings is 1. The van der Waals surface area contributed by atoms with Crippen LogP contribution in [0.5, 0.6) is 0 Å². The van der Waals surface area contributed by atoms with E-state index in [1.54, 1.807) is 5.32 Å². The highest BCUT2D eigenvalue weighted by molar-refractivity contribution is 9.10. The Morgan fingerprint density at radius 2 is 2.12 bits per heavy atom. The number of nitrogens with one attached hydrogen (secondary N) is 2. The zero-order chi connectivity index (χ0) is 17.5. The molecule has 1 aromatic carbocycles. The van der Waals surface area contributed by atoms with Crippen molar-refractivity contribution in [3.8, 4) is 0 Å². The lowest BCUT2D eigenvalue weighted by molar-refractivity contribution is -0.138. The van der Waals surface area contributed by atoms with Gasteiger partial charge in [0.25, 0.3) is 0 Å². The molecule has 0 spiro atoms. The van der Waals surface area contributed by atoms with Gasteiger partial charge in [-0.3, -0.25) is 9.48 Å². The first kappa shape index (κ1) is 17.2. The summed E-state index contributed by atoms with van der Waals surface area (Å²) in [5.41, 5.74) is 1.12. The number of carbonyl (C=O) groups excluding carboxylic acids is 1. The molecule has 1 amide bonds. The minimum Gasteiger partial charge on any atom is -0.345 e. The molecule has 10 heteroatoms. The maximum atomic E-state index is 13.8. The summed E-state index contributed by atoms with van der Waals surface area (Å²) in [6, 6.07) is 2.69. The van der Waals surface area contributed by atoms with Gasteiger partial charge < -0.3 is 10.6 Å². The van der Waals surface area contributed by atoms with Gasteiger partial charge in [-0.15, -0.1) is 0 Å². The van der Waals surface area contributed by atoms with Crippen LogP contribution in [0, 0.1) is 5.82 Å². The molecule has 1 aliphatic heterocycles. The molecule has 24 heavy (non-hydrogen) atoms. The van der Waals surface area contributed by atoms with Crippen molar-refractivity contribution in [2.24, 2.45) is 0 Å². The van der Waals surface area contributed by atoms with E-state index >= 15 is 0 Å². The second kappa shape index (κ2) is 6.32. The predicted octanol–water partition coefficient (Wildman–Crippen LogP) is 2.30. The van der Waals surface area contributed by atoms with E-state index in [2.05, 4.69) is 26.3 Å². The Morgan fingerprint density at radius 3 is 2.71 bits per heavy atom. The minimum atomic E-state index is -4.48. The highest BCUT2D eigenvalue weighted by Gasteiger charge is 2.29. The number of hydrogen-bond acceptors (Lipinski definition) is 3. The molecule has 0 atom stereocenters. The van der Waals surface area contributed by atoms with Crippen LogP contribution in [0.15, 0.2) is 16.6 Å². The van der Waals surface area contributed by atoms with E-state index in [4.69, 9.17) is 0 Å². The molecular formula is C14H13BrF4N4O. The first-order valence-electron chi connectivity index (χ1n) is 7.15. The zero-order valence-corrected chi connectivity index (χ0v) is 13.8. The summed E-state index contributed by atoms with van der Waals surface area (Å²) < 4.78 is 51.9. The fraction of sp³-hybridized carbons (Fsp3) is 0.429. The summed E-state index contributed by atoms with van der Waals surface area (Å²) in [4.78, 5) is 11.7. The molecule has 2 aromatic rings. The summed E-state index contributed by atoms with van der Waals surface area (Å²) in [5.74, 6) is -1.20. The maximum Gasteiger partial charge on any atom is 0.405 e. The molecule has 0 saturated carbocycles. The fourth-order valence-corrected chi connectivity index (χ4v) is 3.05. The smallest absolute Gasteiger partial charge is 0.345 e. The number of hydrogen-bond donors (Lipinski definition) is 2. The van der Waals surface area contributed by atoms with Gasteiger partial charge in [-0.25, -0.2) is 4.39 Å². The van der Waals surface area contributed by atoms with Crippen molar-refractivity contribution in [1.29, 1.82) is 0 Å². The van der Waals surface area contributed by atoms with Crippen molar-refractivity contribution in [2.45, 2.75) is 18.6 Å². The van der Waals surface area contributed by atoms with Crippen molar-refractivity contribution < 1.29 is 22.4 Å². The number of amides is 1. The van der Waals surface area contributed by atoms with Crippen LogP contribution in [0.4, 0.5) is 17.6 Å². The summed E-state index contributed by atoms with van der Waals surface area (Å²) in [6.07, 6.45) is -4.48. The monoisotopic (exact) mass is 408 g/mol. The van der Waals surface area contributed by atoms with E-state index in [0.717, 1.165) is 0 Å². The molecule has 2 N–H and O–H groups in total. The number of nitrogens with zero attached hydrogens (tertiary/aromatic N) is 2. The molecule has 0 unspecified atom stereocenters. The quantitative estimate of drug-likeness (QED) is 0.763. The second-order valence-corrected chi connectivity index (χ2v) is 6.34. The molecule has 3 rings (SSSR count). The Bertz CT molecular complexity index is 785. The Labute approximate surface area is 142 Å². The van der Waals surface area contributed by atoms with Gasteiger partial charge in [0.05, 0.1) is 15.7 Å². The SMILES string of the molecule is O=C(Cn1nc(C2CNC2)c2c(Br)c(F)ccc21)NCC(F)(F)F. The van der Waals surface area contributed by atoms with Crippen LogP contribution in [0.3, 0.4) is 0 Å². The lowest BCUT2D eigenvalue weighted by Gasteiger charge is -2.25. The standard InChI is InChI=1S/C14H13BrF4N4O/c15-12-8(16)1-2-9-11(12)13(7-3-20-4-7)22-23(9)5-10(24)21-6-14(17,18)19/h1-2,7,20H,3-6H2,(H,21,24). The third kappa shape index (κ3) is 3.39. The molecule has 0 aliphatic carbocycles. The molecule has 5 nitrogen and oxygen atoms in total. The summed E-state index contributed by atoms with van der Waals surface area (Å²) in [5, 5.41) is 9.77. The van der Waals surface area contributed by atoms with Crippen LogP contribution in [0.2, 0.25) is 0 Å². The van der Waals surface area contributed by atoms with E-state index < -0.39 is 24.4 Å². The van der Waals surface area contributed by atoms with Gasteiger partial charge >= 0.3 is 6.18 Å². The average Bonchev–Trinajstić information content (AvgIpc) is 2.77. The van der Waals surface area contributed by atoms with Gasteiger partial charge in [0.15, 0.2) is 0 Å². The lowest BCUT2D eigenvalue weighted by atomic mass is 9.96. The fourth-order valence-electron chi connectivity index (χ4n) is 2.51. The largest absolute Gasteiger partial charge is 0.405 e. The molecule has 130 valence electrons. The number of fused-ring (bicyclic) bond motifs is 1. The Kier molecular flexibility index (Phi) is 4.52. The Morgan fingerprint density at radius 1 is 1.42 bits per heavy atom. The summed E-state index contributed by atoms with van der Waals surface area (Å²) >= 11 is 3.19. The number of aromatic nitrogens is 2. The van der Waals surface area contributed by atoms with E-state index in [-0.39, 0.29) is 16.9 Å². The first-order valence-corrected chi connectivity index (χ1v) is 7.94. The topological polar surface area (TPSA) is 59.0 Å². The van der Waals surface area contributed by atoms with Crippen molar-refractivity contribution >= 4 is 32.7 Å². The van der Waals surface area contributed by atoms with Gasteiger partial charge in [0, 0.05) is 24.4 Å². The molecule has 0 radical (unpaired) electrons.